The maximum atomic E-state index is 13.5. The van der Waals surface area contributed by atoms with E-state index in [0.29, 0.717) is 41.3 Å². The Labute approximate surface area is 208 Å². The molecule has 1 unspecified atom stereocenters. The molecule has 9 nitrogen and oxygen atoms in total. The van der Waals surface area contributed by atoms with E-state index in [1.54, 1.807) is 43.6 Å². The molecule has 1 aromatic carbocycles. The summed E-state index contributed by atoms with van der Waals surface area (Å²) < 4.78 is 44.5. The lowest BCUT2D eigenvalue weighted by Crippen LogP contribution is -2.40. The lowest BCUT2D eigenvalue weighted by atomic mass is 9.97. The van der Waals surface area contributed by atoms with Crippen molar-refractivity contribution in [3.8, 4) is 16.9 Å². The largest absolute Gasteiger partial charge is 0.573 e. The second-order valence-electron chi connectivity index (χ2n) is 8.62. The zero-order valence-corrected chi connectivity index (χ0v) is 19.6. The summed E-state index contributed by atoms with van der Waals surface area (Å²) in [6, 6.07) is 10.4. The van der Waals surface area contributed by atoms with E-state index in [2.05, 4.69) is 19.8 Å². The number of primary amides is 1. The third kappa shape index (κ3) is 4.95. The van der Waals surface area contributed by atoms with Gasteiger partial charge in [0, 0.05) is 36.5 Å². The maximum absolute atomic E-state index is 13.5. The van der Waals surface area contributed by atoms with Gasteiger partial charge >= 0.3 is 6.36 Å². The molecule has 1 atom stereocenters. The van der Waals surface area contributed by atoms with Gasteiger partial charge in [0.1, 0.15) is 5.75 Å². The number of hydrogen-bond acceptors (Lipinski definition) is 6. The van der Waals surface area contributed by atoms with Crippen molar-refractivity contribution < 1.29 is 27.5 Å². The van der Waals surface area contributed by atoms with Crippen LogP contribution in [0.15, 0.2) is 54.9 Å². The normalized spacial score (nSPS) is 14.5. The summed E-state index contributed by atoms with van der Waals surface area (Å²) in [6.07, 6.45) is -1.15. The summed E-state index contributed by atoms with van der Waals surface area (Å²) in [4.78, 5) is 35.0. The monoisotopic (exact) mass is 510 g/mol. The number of hydrogen-bond donors (Lipinski definition) is 1. The van der Waals surface area contributed by atoms with Crippen LogP contribution in [0.4, 0.5) is 13.2 Å². The van der Waals surface area contributed by atoms with Crippen LogP contribution in [-0.4, -0.2) is 49.2 Å². The Hall–Kier alpha value is -4.48. The van der Waals surface area contributed by atoms with Gasteiger partial charge in [-0.3, -0.25) is 14.6 Å². The van der Waals surface area contributed by atoms with Crippen LogP contribution < -0.4 is 10.5 Å². The van der Waals surface area contributed by atoms with Crippen molar-refractivity contribution in [3.05, 3.63) is 77.5 Å². The van der Waals surface area contributed by atoms with Crippen molar-refractivity contribution in [2.45, 2.75) is 32.2 Å². The predicted octanol–water partition coefficient (Wildman–Crippen LogP) is 3.48. The first-order valence-electron chi connectivity index (χ1n) is 11.4. The summed E-state index contributed by atoms with van der Waals surface area (Å²) >= 11 is 0. The Morgan fingerprint density at radius 2 is 1.97 bits per heavy atom. The summed E-state index contributed by atoms with van der Waals surface area (Å²) in [5, 5.41) is 4.20. The fourth-order valence-electron chi connectivity index (χ4n) is 4.44. The molecule has 0 aliphatic carbocycles. The summed E-state index contributed by atoms with van der Waals surface area (Å²) in [5.41, 5.74) is 8.34. The number of carbonyl (C=O) groups is 2. The van der Waals surface area contributed by atoms with Crippen molar-refractivity contribution in [2.24, 2.45) is 5.73 Å². The van der Waals surface area contributed by atoms with Gasteiger partial charge in [-0.2, -0.15) is 5.10 Å². The third-order valence-electron chi connectivity index (χ3n) is 6.16. The van der Waals surface area contributed by atoms with E-state index in [1.807, 2.05) is 0 Å². The number of pyridine rings is 2. The van der Waals surface area contributed by atoms with E-state index in [0.717, 1.165) is 5.56 Å². The number of para-hydroxylation sites is 1. The topological polar surface area (TPSA) is 116 Å². The summed E-state index contributed by atoms with van der Waals surface area (Å²) in [5.74, 6) is -0.926. The lowest BCUT2D eigenvalue weighted by molar-refractivity contribution is -0.275. The van der Waals surface area contributed by atoms with Crippen molar-refractivity contribution in [1.82, 2.24) is 24.5 Å². The molecule has 0 radical (unpaired) electrons. The van der Waals surface area contributed by atoms with E-state index in [9.17, 15) is 22.8 Å². The minimum absolute atomic E-state index is 0.0862. The fraction of sp³-hybridized carbons (Fsp3) is 0.240. The SMILES string of the molecule is CC(c1ccccc1OC(F)(F)F)N1CCc2ncc(-c3ccn4nc(CC(N)=O)nc4c3)cc2C1=O. The number of amides is 2. The summed E-state index contributed by atoms with van der Waals surface area (Å²) in [6.45, 7) is 1.97. The van der Waals surface area contributed by atoms with Gasteiger partial charge in [0.15, 0.2) is 11.5 Å². The van der Waals surface area contributed by atoms with E-state index < -0.39 is 18.3 Å². The van der Waals surface area contributed by atoms with Gasteiger partial charge in [-0.1, -0.05) is 18.2 Å². The second kappa shape index (κ2) is 9.19. The first kappa shape index (κ1) is 24.2. The molecular weight excluding hydrogens is 489 g/mol. The first-order chi connectivity index (χ1) is 17.6. The molecule has 5 rings (SSSR count). The van der Waals surface area contributed by atoms with Crippen LogP contribution in [0.1, 0.15) is 40.4 Å². The lowest BCUT2D eigenvalue weighted by Gasteiger charge is -2.34. The molecule has 3 aromatic heterocycles. The van der Waals surface area contributed by atoms with Crippen LogP contribution in [0.2, 0.25) is 0 Å². The Morgan fingerprint density at radius 1 is 1.19 bits per heavy atom. The molecule has 12 heteroatoms. The highest BCUT2D eigenvalue weighted by Crippen LogP contribution is 2.35. The van der Waals surface area contributed by atoms with E-state index in [1.165, 1.54) is 27.6 Å². The molecule has 4 aromatic rings. The number of carbonyl (C=O) groups excluding carboxylic acids is 2. The molecular formula is C25H21F3N6O3. The Kier molecular flexibility index (Phi) is 6.02. The average Bonchev–Trinajstić information content (AvgIpc) is 3.24. The maximum Gasteiger partial charge on any atom is 0.573 e. The first-order valence-corrected chi connectivity index (χ1v) is 11.4. The Bertz CT molecular complexity index is 1520. The van der Waals surface area contributed by atoms with Gasteiger partial charge in [0.25, 0.3) is 5.91 Å². The molecule has 2 N–H and O–H groups in total. The number of benzene rings is 1. The van der Waals surface area contributed by atoms with Gasteiger partial charge in [0.05, 0.1) is 23.7 Å². The molecule has 1 aliphatic rings. The molecule has 37 heavy (non-hydrogen) atoms. The molecule has 1 aliphatic heterocycles. The van der Waals surface area contributed by atoms with E-state index in [4.69, 9.17) is 5.73 Å². The van der Waals surface area contributed by atoms with Crippen LogP contribution in [0.3, 0.4) is 0 Å². The molecule has 4 heterocycles. The Balaban J connectivity index is 1.44. The molecule has 2 amide bonds. The highest BCUT2D eigenvalue weighted by Gasteiger charge is 2.35. The van der Waals surface area contributed by atoms with Crippen LogP contribution in [-0.2, 0) is 17.6 Å². The highest BCUT2D eigenvalue weighted by molar-refractivity contribution is 5.97. The number of fused-ring (bicyclic) bond motifs is 2. The predicted molar refractivity (Wildman–Crippen MR) is 125 cm³/mol. The van der Waals surface area contributed by atoms with Crippen molar-refractivity contribution in [1.29, 1.82) is 0 Å². The standard InChI is InChI=1S/C25H21F3N6O3/c1-14(17-4-2-3-5-20(17)37-25(26,27)28)33-8-7-19-18(24(33)36)10-16(13-30-19)15-6-9-34-23(11-15)31-22(32-34)12-21(29)35/h2-6,9-11,13-14H,7-8,12H2,1H3,(H2,29,35). The molecule has 0 bridgehead atoms. The number of nitrogens with zero attached hydrogens (tertiary/aromatic N) is 5. The number of aromatic nitrogens is 4. The van der Waals surface area contributed by atoms with E-state index >= 15 is 0 Å². The quantitative estimate of drug-likeness (QED) is 0.425. The van der Waals surface area contributed by atoms with Gasteiger partial charge in [-0.25, -0.2) is 9.50 Å². The number of halogens is 3. The molecule has 0 saturated heterocycles. The number of rotatable bonds is 6. The van der Waals surface area contributed by atoms with Gasteiger partial charge in [-0.05, 0) is 36.8 Å². The number of nitrogens with two attached hydrogens (primary N) is 1. The smallest absolute Gasteiger partial charge is 0.405 e. The fourth-order valence-corrected chi connectivity index (χ4v) is 4.44. The molecule has 0 saturated carbocycles. The average molecular weight is 510 g/mol. The number of alkyl halides is 3. The van der Waals surface area contributed by atoms with Crippen molar-refractivity contribution in [2.75, 3.05) is 6.54 Å². The van der Waals surface area contributed by atoms with Crippen LogP contribution in [0.5, 0.6) is 5.75 Å². The minimum Gasteiger partial charge on any atom is -0.405 e. The van der Waals surface area contributed by atoms with Crippen LogP contribution in [0, 0.1) is 0 Å². The molecule has 190 valence electrons. The van der Waals surface area contributed by atoms with Gasteiger partial charge in [-0.15, -0.1) is 13.2 Å². The summed E-state index contributed by atoms with van der Waals surface area (Å²) in [7, 11) is 0. The third-order valence-corrected chi connectivity index (χ3v) is 6.16. The zero-order valence-electron chi connectivity index (χ0n) is 19.6. The van der Waals surface area contributed by atoms with Crippen LogP contribution in [0.25, 0.3) is 16.8 Å². The van der Waals surface area contributed by atoms with Crippen molar-refractivity contribution >= 4 is 17.5 Å². The second-order valence-corrected chi connectivity index (χ2v) is 8.62. The van der Waals surface area contributed by atoms with Crippen molar-refractivity contribution in [3.63, 3.8) is 0 Å². The Morgan fingerprint density at radius 3 is 2.73 bits per heavy atom. The van der Waals surface area contributed by atoms with E-state index in [-0.39, 0.29) is 23.6 Å². The van der Waals surface area contributed by atoms with Crippen LogP contribution >= 0.6 is 0 Å². The molecule has 0 spiro atoms. The minimum atomic E-state index is -4.85. The van der Waals surface area contributed by atoms with Gasteiger partial charge in [0.2, 0.25) is 5.91 Å². The highest BCUT2D eigenvalue weighted by atomic mass is 19.4. The zero-order chi connectivity index (χ0) is 26.3. The number of ether oxygens (including phenoxy) is 1. The van der Waals surface area contributed by atoms with Gasteiger partial charge < -0.3 is 15.4 Å². The molecule has 0 fully saturated rings.